The molecule has 2 N–H and O–H groups in total. The summed E-state index contributed by atoms with van der Waals surface area (Å²) < 4.78 is 6.25. The van der Waals surface area contributed by atoms with E-state index in [2.05, 4.69) is 21.9 Å². The predicted octanol–water partition coefficient (Wildman–Crippen LogP) is 2.39. The summed E-state index contributed by atoms with van der Waals surface area (Å²) in [5.74, 6) is 1.52. The van der Waals surface area contributed by atoms with Crippen LogP contribution in [0.1, 0.15) is 11.5 Å². The van der Waals surface area contributed by atoms with E-state index in [1.807, 2.05) is 12.1 Å². The van der Waals surface area contributed by atoms with Gasteiger partial charge in [-0.25, -0.2) is 0 Å². The minimum absolute atomic E-state index is 0.0674. The Balaban J connectivity index is 2.68. The summed E-state index contributed by atoms with van der Waals surface area (Å²) in [7, 11) is 0. The first-order valence-electron chi connectivity index (χ1n) is 5.35. The van der Waals surface area contributed by atoms with Gasteiger partial charge in [-0.05, 0) is 18.2 Å². The number of terminal acetylenes is 1. The van der Waals surface area contributed by atoms with Crippen molar-refractivity contribution in [1.29, 1.82) is 10.5 Å². The van der Waals surface area contributed by atoms with E-state index in [0.717, 1.165) is 4.47 Å². The van der Waals surface area contributed by atoms with Crippen molar-refractivity contribution in [2.45, 2.75) is 5.92 Å². The first kappa shape index (κ1) is 13.0. The molecule has 0 aromatic heterocycles. The normalized spacial score (nSPS) is 16.9. The molecule has 1 aromatic carbocycles. The molecule has 0 aliphatic carbocycles. The van der Waals surface area contributed by atoms with E-state index in [4.69, 9.17) is 27.4 Å². The van der Waals surface area contributed by atoms with Gasteiger partial charge < -0.3 is 10.5 Å². The van der Waals surface area contributed by atoms with Gasteiger partial charge in [-0.3, -0.25) is 0 Å². The van der Waals surface area contributed by atoms with Crippen molar-refractivity contribution in [2.75, 3.05) is 0 Å². The number of nitrogens with two attached hydrogens (primary N) is 1. The average molecular weight is 314 g/mol. The molecular formula is C14H8BrN3O. The van der Waals surface area contributed by atoms with Gasteiger partial charge in [0.25, 0.3) is 0 Å². The Kier molecular flexibility index (Phi) is 3.47. The molecule has 1 aliphatic rings. The molecule has 0 fully saturated rings. The molecule has 1 heterocycles. The van der Waals surface area contributed by atoms with Crippen LogP contribution in [0, 0.1) is 40.9 Å². The molecule has 0 saturated heterocycles. The van der Waals surface area contributed by atoms with Gasteiger partial charge in [-0.2, -0.15) is 10.5 Å². The highest BCUT2D eigenvalue weighted by molar-refractivity contribution is 9.10. The number of nitrogens with zero attached hydrogens (tertiary/aromatic N) is 2. The summed E-state index contributed by atoms with van der Waals surface area (Å²) in [4.78, 5) is 0. The lowest BCUT2D eigenvalue weighted by atomic mass is 9.80. The maximum Gasteiger partial charge on any atom is 0.203 e. The van der Waals surface area contributed by atoms with Crippen LogP contribution in [0.4, 0.5) is 0 Å². The molecule has 19 heavy (non-hydrogen) atoms. The monoisotopic (exact) mass is 313 g/mol. The number of hydrogen-bond acceptors (Lipinski definition) is 4. The minimum atomic E-state index is -0.915. The van der Waals surface area contributed by atoms with Crippen LogP contribution in [0.2, 0.25) is 0 Å². The Morgan fingerprint density at radius 2 is 2.05 bits per heavy atom. The summed E-state index contributed by atoms with van der Waals surface area (Å²) in [5, 5.41) is 18.2. The Morgan fingerprint density at radius 1 is 1.37 bits per heavy atom. The smallest absolute Gasteiger partial charge is 0.203 e. The van der Waals surface area contributed by atoms with E-state index in [1.165, 1.54) is 0 Å². The van der Waals surface area contributed by atoms with Gasteiger partial charge in [0.05, 0.1) is 23.6 Å². The first-order chi connectivity index (χ1) is 9.12. The van der Waals surface area contributed by atoms with Gasteiger partial charge in [-0.15, -0.1) is 6.42 Å². The van der Waals surface area contributed by atoms with Crippen molar-refractivity contribution in [1.82, 2.24) is 0 Å². The van der Waals surface area contributed by atoms with Crippen molar-refractivity contribution in [3.8, 4) is 30.2 Å². The fourth-order valence-electron chi connectivity index (χ4n) is 2.02. The summed E-state index contributed by atoms with van der Waals surface area (Å²) in [6.07, 6.45) is 5.43. The molecule has 0 spiro atoms. The fourth-order valence-corrected chi connectivity index (χ4v) is 2.40. The molecule has 0 saturated carbocycles. The third-order valence-corrected chi connectivity index (χ3v) is 3.36. The summed E-state index contributed by atoms with van der Waals surface area (Å²) in [6, 6.07) is 9.19. The Hall–Kier alpha value is -2.42. The summed E-state index contributed by atoms with van der Waals surface area (Å²) in [6.45, 7) is 0. The zero-order chi connectivity index (χ0) is 14.0. The second kappa shape index (κ2) is 5.06. The van der Waals surface area contributed by atoms with Crippen LogP contribution in [0.15, 0.2) is 34.1 Å². The largest absolute Gasteiger partial charge is 0.440 e. The number of hydrogen-bond donors (Lipinski definition) is 1. The predicted molar refractivity (Wildman–Crippen MR) is 72.3 cm³/mol. The van der Waals surface area contributed by atoms with Crippen LogP contribution < -0.4 is 10.5 Å². The maximum absolute atomic E-state index is 9.12. The van der Waals surface area contributed by atoms with Crippen molar-refractivity contribution in [3.05, 3.63) is 39.7 Å². The number of ether oxygens (including phenoxy) is 1. The average Bonchev–Trinajstić information content (AvgIpc) is 2.40. The number of fused-ring (bicyclic) bond motifs is 1. The minimum Gasteiger partial charge on any atom is -0.440 e. The van der Waals surface area contributed by atoms with Crippen molar-refractivity contribution < 1.29 is 4.74 Å². The molecule has 92 valence electrons. The van der Waals surface area contributed by atoms with Gasteiger partial charge in [0.1, 0.15) is 11.7 Å². The van der Waals surface area contributed by atoms with Gasteiger partial charge in [0, 0.05) is 10.0 Å². The highest BCUT2D eigenvalue weighted by Crippen LogP contribution is 2.42. The standard InChI is InChI=1S/C14H8BrN3O/c1-2-10-13(8(6-16)7-17)11-5-9(15)3-4-12(11)19-14(10)18/h1,3-5,8,13H,18H2. The van der Waals surface area contributed by atoms with Crippen LogP contribution >= 0.6 is 15.9 Å². The Morgan fingerprint density at radius 3 is 2.63 bits per heavy atom. The lowest BCUT2D eigenvalue weighted by molar-refractivity contribution is 0.383. The van der Waals surface area contributed by atoms with E-state index < -0.39 is 11.8 Å². The van der Waals surface area contributed by atoms with E-state index in [0.29, 0.717) is 16.9 Å². The molecule has 1 atom stereocenters. The molecule has 1 aromatic rings. The molecular weight excluding hydrogens is 306 g/mol. The Labute approximate surface area is 119 Å². The number of nitriles is 2. The lowest BCUT2D eigenvalue weighted by Gasteiger charge is -2.27. The first-order valence-corrected chi connectivity index (χ1v) is 6.14. The molecule has 1 unspecified atom stereocenters. The second-order valence-corrected chi connectivity index (χ2v) is 4.84. The van der Waals surface area contributed by atoms with Gasteiger partial charge >= 0.3 is 0 Å². The van der Waals surface area contributed by atoms with E-state index in [-0.39, 0.29) is 5.88 Å². The van der Waals surface area contributed by atoms with E-state index in [1.54, 1.807) is 18.2 Å². The molecule has 1 aliphatic heterocycles. The van der Waals surface area contributed by atoms with Crippen molar-refractivity contribution >= 4 is 15.9 Å². The topological polar surface area (TPSA) is 82.8 Å². The van der Waals surface area contributed by atoms with Crippen LogP contribution in [0.5, 0.6) is 5.75 Å². The summed E-state index contributed by atoms with van der Waals surface area (Å²) in [5.41, 5.74) is 6.78. The van der Waals surface area contributed by atoms with Crippen LogP contribution in [-0.2, 0) is 0 Å². The number of allylic oxidation sites excluding steroid dienone is 1. The highest BCUT2D eigenvalue weighted by Gasteiger charge is 2.34. The van der Waals surface area contributed by atoms with E-state index in [9.17, 15) is 0 Å². The van der Waals surface area contributed by atoms with E-state index >= 15 is 0 Å². The molecule has 0 radical (unpaired) electrons. The second-order valence-electron chi connectivity index (χ2n) is 3.92. The molecule has 0 bridgehead atoms. The molecule has 4 nitrogen and oxygen atoms in total. The quantitative estimate of drug-likeness (QED) is 0.807. The third-order valence-electron chi connectivity index (χ3n) is 2.87. The summed E-state index contributed by atoms with van der Waals surface area (Å²) >= 11 is 3.35. The molecule has 0 amide bonds. The zero-order valence-electron chi connectivity index (χ0n) is 9.72. The number of benzene rings is 1. The highest BCUT2D eigenvalue weighted by atomic mass is 79.9. The molecule has 5 heteroatoms. The van der Waals surface area contributed by atoms with Crippen LogP contribution in [-0.4, -0.2) is 0 Å². The van der Waals surface area contributed by atoms with Crippen LogP contribution in [0.25, 0.3) is 0 Å². The van der Waals surface area contributed by atoms with Gasteiger partial charge in [0.2, 0.25) is 5.88 Å². The van der Waals surface area contributed by atoms with Crippen LogP contribution in [0.3, 0.4) is 0 Å². The Bertz CT molecular complexity index is 674. The zero-order valence-corrected chi connectivity index (χ0v) is 11.3. The van der Waals surface area contributed by atoms with Gasteiger partial charge in [-0.1, -0.05) is 21.9 Å². The fraction of sp³-hybridized carbons (Fsp3) is 0.143. The molecule has 2 rings (SSSR count). The lowest BCUT2D eigenvalue weighted by Crippen LogP contribution is -2.24. The van der Waals surface area contributed by atoms with Gasteiger partial charge in [0.15, 0.2) is 0 Å². The van der Waals surface area contributed by atoms with Crippen molar-refractivity contribution in [3.63, 3.8) is 0 Å². The number of halogens is 1. The maximum atomic E-state index is 9.12. The van der Waals surface area contributed by atoms with Crippen molar-refractivity contribution in [2.24, 2.45) is 11.7 Å². The SMILES string of the molecule is C#CC1=C(N)Oc2ccc(Br)cc2C1C(C#N)C#N. The third kappa shape index (κ3) is 2.15. The number of rotatable bonds is 1.